The Bertz CT molecular complexity index is 675. The number of carbonyl (C=O) groups excluding carboxylic acids is 3. The molecule has 8 heteroatoms. The number of anilines is 2. The molecule has 1 heterocycles. The fraction of sp³-hybridized carbons (Fsp3) is 0.471. The zero-order valence-electron chi connectivity index (χ0n) is 13.7. The Morgan fingerprint density at radius 2 is 1.96 bits per heavy atom. The van der Waals surface area contributed by atoms with Gasteiger partial charge in [-0.2, -0.15) is 0 Å². The van der Waals surface area contributed by atoms with Crippen LogP contribution in [-0.4, -0.2) is 48.7 Å². The minimum absolute atomic E-state index is 0.0729. The molecule has 2 aliphatic rings. The summed E-state index contributed by atoms with van der Waals surface area (Å²) < 4.78 is 5.10. The quantitative estimate of drug-likeness (QED) is 0.700. The summed E-state index contributed by atoms with van der Waals surface area (Å²) in [4.78, 5) is 37.0. The SMILES string of the molecule is NC(=O)C1CC(C(=O)Nc2ccc(N3CCOCC3=O)cc2)CC1O. The second-order valence-electron chi connectivity index (χ2n) is 6.38. The summed E-state index contributed by atoms with van der Waals surface area (Å²) in [7, 11) is 0. The Hall–Kier alpha value is -2.45. The average molecular weight is 347 g/mol. The fourth-order valence-corrected chi connectivity index (χ4v) is 3.30. The van der Waals surface area contributed by atoms with E-state index in [0.29, 0.717) is 18.8 Å². The maximum Gasteiger partial charge on any atom is 0.253 e. The summed E-state index contributed by atoms with van der Waals surface area (Å²) >= 11 is 0. The number of nitrogens with one attached hydrogen (secondary N) is 1. The maximum absolute atomic E-state index is 12.3. The van der Waals surface area contributed by atoms with E-state index < -0.39 is 23.8 Å². The largest absolute Gasteiger partial charge is 0.392 e. The lowest BCUT2D eigenvalue weighted by molar-refractivity contribution is -0.126. The number of benzene rings is 1. The minimum atomic E-state index is -0.872. The number of aliphatic hydroxyl groups excluding tert-OH is 1. The number of primary amides is 1. The molecule has 1 aromatic carbocycles. The van der Waals surface area contributed by atoms with Crippen LogP contribution >= 0.6 is 0 Å². The van der Waals surface area contributed by atoms with Crippen LogP contribution < -0.4 is 16.0 Å². The molecule has 3 unspecified atom stereocenters. The zero-order chi connectivity index (χ0) is 18.0. The van der Waals surface area contributed by atoms with E-state index in [4.69, 9.17) is 10.5 Å². The van der Waals surface area contributed by atoms with Gasteiger partial charge >= 0.3 is 0 Å². The highest BCUT2D eigenvalue weighted by Gasteiger charge is 2.39. The maximum atomic E-state index is 12.3. The molecule has 0 radical (unpaired) electrons. The molecule has 0 bridgehead atoms. The molecule has 0 aromatic heterocycles. The average Bonchev–Trinajstić information content (AvgIpc) is 2.98. The fourth-order valence-electron chi connectivity index (χ4n) is 3.30. The highest BCUT2D eigenvalue weighted by atomic mass is 16.5. The predicted molar refractivity (Wildman–Crippen MR) is 89.7 cm³/mol. The van der Waals surface area contributed by atoms with Crippen LogP contribution in [0.4, 0.5) is 11.4 Å². The summed E-state index contributed by atoms with van der Waals surface area (Å²) in [5, 5.41) is 12.6. The monoisotopic (exact) mass is 347 g/mol. The third-order valence-electron chi connectivity index (χ3n) is 4.70. The predicted octanol–water partition coefficient (Wildman–Crippen LogP) is -0.139. The van der Waals surface area contributed by atoms with Crippen molar-refractivity contribution in [1.29, 1.82) is 0 Å². The molecule has 3 amide bonds. The Labute approximate surface area is 144 Å². The van der Waals surface area contributed by atoms with Gasteiger partial charge in [-0.15, -0.1) is 0 Å². The van der Waals surface area contributed by atoms with Crippen molar-refractivity contribution in [3.05, 3.63) is 24.3 Å². The van der Waals surface area contributed by atoms with Crippen molar-refractivity contribution in [2.24, 2.45) is 17.6 Å². The number of ether oxygens (including phenoxy) is 1. The number of carbonyl (C=O) groups is 3. The van der Waals surface area contributed by atoms with Crippen LogP contribution in [0.3, 0.4) is 0 Å². The van der Waals surface area contributed by atoms with E-state index in [1.165, 1.54) is 0 Å². The summed E-state index contributed by atoms with van der Waals surface area (Å²) in [5.41, 5.74) is 6.57. The van der Waals surface area contributed by atoms with Gasteiger partial charge in [0.05, 0.1) is 18.6 Å². The normalized spacial score (nSPS) is 26.5. The smallest absolute Gasteiger partial charge is 0.253 e. The van der Waals surface area contributed by atoms with Crippen molar-refractivity contribution in [2.75, 3.05) is 30.0 Å². The lowest BCUT2D eigenvalue weighted by Gasteiger charge is -2.27. The second-order valence-corrected chi connectivity index (χ2v) is 6.38. The number of rotatable bonds is 4. The zero-order valence-corrected chi connectivity index (χ0v) is 13.7. The Morgan fingerprint density at radius 1 is 1.24 bits per heavy atom. The van der Waals surface area contributed by atoms with Crippen molar-refractivity contribution in [3.63, 3.8) is 0 Å². The molecule has 1 saturated heterocycles. The van der Waals surface area contributed by atoms with Crippen LogP contribution in [0.15, 0.2) is 24.3 Å². The van der Waals surface area contributed by atoms with Crippen molar-refractivity contribution >= 4 is 29.1 Å². The van der Waals surface area contributed by atoms with Crippen molar-refractivity contribution in [3.8, 4) is 0 Å². The second kappa shape index (κ2) is 7.20. The van der Waals surface area contributed by atoms with Gasteiger partial charge < -0.3 is 25.8 Å². The Morgan fingerprint density at radius 3 is 2.56 bits per heavy atom. The highest BCUT2D eigenvalue weighted by Crippen LogP contribution is 2.32. The highest BCUT2D eigenvalue weighted by molar-refractivity contribution is 5.96. The molecule has 1 aliphatic heterocycles. The van der Waals surface area contributed by atoms with Gasteiger partial charge in [-0.05, 0) is 37.1 Å². The molecule has 1 aromatic rings. The molecule has 1 aliphatic carbocycles. The lowest BCUT2D eigenvalue weighted by Crippen LogP contribution is -2.41. The van der Waals surface area contributed by atoms with Crippen molar-refractivity contribution < 1.29 is 24.2 Å². The van der Waals surface area contributed by atoms with Crippen LogP contribution in [0, 0.1) is 11.8 Å². The number of hydrogen-bond acceptors (Lipinski definition) is 5. The molecule has 134 valence electrons. The number of nitrogens with zero attached hydrogens (tertiary/aromatic N) is 1. The molecular weight excluding hydrogens is 326 g/mol. The summed E-state index contributed by atoms with van der Waals surface area (Å²) in [5.74, 6) is -2.06. The molecule has 3 rings (SSSR count). The number of morpholine rings is 1. The van der Waals surface area contributed by atoms with E-state index in [1.807, 2.05) is 0 Å². The van der Waals surface area contributed by atoms with E-state index in [-0.39, 0.29) is 31.3 Å². The third kappa shape index (κ3) is 3.80. The standard InChI is InChI=1S/C17H21N3O5/c18-16(23)13-7-10(8-14(13)21)17(24)19-11-1-3-12(4-2-11)20-5-6-25-9-15(20)22/h1-4,10,13-14,21H,5-9H2,(H2,18,23)(H,19,24). The van der Waals surface area contributed by atoms with Gasteiger partial charge in [0, 0.05) is 23.8 Å². The number of hydrogen-bond donors (Lipinski definition) is 3. The third-order valence-corrected chi connectivity index (χ3v) is 4.70. The first kappa shape index (κ1) is 17.4. The van der Waals surface area contributed by atoms with Gasteiger partial charge in [0.25, 0.3) is 5.91 Å². The number of nitrogens with two attached hydrogens (primary N) is 1. The summed E-state index contributed by atoms with van der Waals surface area (Å²) in [6, 6.07) is 6.95. The first-order chi connectivity index (χ1) is 12.0. The van der Waals surface area contributed by atoms with Crippen LogP contribution in [0.2, 0.25) is 0 Å². The van der Waals surface area contributed by atoms with Gasteiger partial charge in [-0.3, -0.25) is 14.4 Å². The van der Waals surface area contributed by atoms with Crippen LogP contribution in [-0.2, 0) is 19.1 Å². The van der Waals surface area contributed by atoms with Gasteiger partial charge in [-0.25, -0.2) is 0 Å². The molecule has 8 nitrogen and oxygen atoms in total. The van der Waals surface area contributed by atoms with Gasteiger partial charge in [-0.1, -0.05) is 0 Å². The topological polar surface area (TPSA) is 122 Å². The van der Waals surface area contributed by atoms with E-state index in [1.54, 1.807) is 29.2 Å². The number of amides is 3. The van der Waals surface area contributed by atoms with Gasteiger partial charge in [0.15, 0.2) is 0 Å². The molecule has 3 atom stereocenters. The first-order valence-corrected chi connectivity index (χ1v) is 8.22. The molecule has 25 heavy (non-hydrogen) atoms. The molecular formula is C17H21N3O5. The molecule has 2 fully saturated rings. The van der Waals surface area contributed by atoms with Gasteiger partial charge in [0.1, 0.15) is 6.61 Å². The lowest BCUT2D eigenvalue weighted by atomic mass is 10.0. The minimum Gasteiger partial charge on any atom is -0.392 e. The van der Waals surface area contributed by atoms with Crippen LogP contribution in [0.1, 0.15) is 12.8 Å². The van der Waals surface area contributed by atoms with E-state index in [0.717, 1.165) is 5.69 Å². The van der Waals surface area contributed by atoms with Crippen molar-refractivity contribution in [1.82, 2.24) is 0 Å². The Balaban J connectivity index is 1.61. The number of aliphatic hydroxyl groups is 1. The summed E-state index contributed by atoms with van der Waals surface area (Å²) in [6.07, 6.45) is -0.398. The molecule has 0 spiro atoms. The van der Waals surface area contributed by atoms with Crippen LogP contribution in [0.5, 0.6) is 0 Å². The van der Waals surface area contributed by atoms with Crippen molar-refractivity contribution in [2.45, 2.75) is 18.9 Å². The van der Waals surface area contributed by atoms with Gasteiger partial charge in [0.2, 0.25) is 11.8 Å². The van der Waals surface area contributed by atoms with E-state index >= 15 is 0 Å². The molecule has 4 N–H and O–H groups in total. The summed E-state index contributed by atoms with van der Waals surface area (Å²) in [6.45, 7) is 1.07. The first-order valence-electron chi connectivity index (χ1n) is 8.22. The molecule has 1 saturated carbocycles. The van der Waals surface area contributed by atoms with E-state index in [2.05, 4.69) is 5.32 Å². The van der Waals surface area contributed by atoms with Crippen LogP contribution in [0.25, 0.3) is 0 Å². The Kier molecular flexibility index (Phi) is 5.00. The van der Waals surface area contributed by atoms with E-state index in [9.17, 15) is 19.5 Å².